The lowest BCUT2D eigenvalue weighted by Gasteiger charge is -2.27. The number of esters is 6. The van der Waals surface area contributed by atoms with Gasteiger partial charge in [0.05, 0.1) is 33.4 Å². The Balaban J connectivity index is 0.989. The van der Waals surface area contributed by atoms with Gasteiger partial charge in [-0.05, 0) is 116 Å². The van der Waals surface area contributed by atoms with Crippen molar-refractivity contribution in [3.63, 3.8) is 0 Å². The number of ether oxygens (including phenoxy) is 4. The van der Waals surface area contributed by atoms with Crippen molar-refractivity contribution in [3.8, 4) is 11.5 Å². The van der Waals surface area contributed by atoms with Crippen LogP contribution in [0.3, 0.4) is 0 Å². The van der Waals surface area contributed by atoms with Crippen molar-refractivity contribution in [2.45, 2.75) is 39.0 Å². The van der Waals surface area contributed by atoms with Gasteiger partial charge in [-0.3, -0.25) is 0 Å². The van der Waals surface area contributed by atoms with Gasteiger partial charge in [0, 0.05) is 0 Å². The van der Waals surface area contributed by atoms with E-state index in [9.17, 15) is 28.8 Å². The normalized spacial score (nSPS) is 16.7. The number of cyclic esters (lactones) is 4. The zero-order valence-electron chi connectivity index (χ0n) is 25.8. The molecule has 48 heavy (non-hydrogen) atoms. The first-order valence-electron chi connectivity index (χ1n) is 15.2. The highest BCUT2D eigenvalue weighted by Crippen LogP contribution is 2.41. The van der Waals surface area contributed by atoms with Crippen molar-refractivity contribution in [1.82, 2.24) is 0 Å². The number of fused-ring (bicyclic) bond motifs is 2. The van der Waals surface area contributed by atoms with E-state index in [1.165, 1.54) is 47.5 Å². The van der Waals surface area contributed by atoms with Crippen LogP contribution < -0.4 is 9.47 Å². The highest BCUT2D eigenvalue weighted by molar-refractivity contribution is 6.16. The van der Waals surface area contributed by atoms with E-state index in [0.29, 0.717) is 11.5 Å². The molecule has 0 bridgehead atoms. The first-order valence-corrected chi connectivity index (χ1v) is 15.2. The van der Waals surface area contributed by atoms with Gasteiger partial charge >= 0.3 is 35.8 Å². The molecule has 10 heteroatoms. The van der Waals surface area contributed by atoms with Crippen LogP contribution in [0.15, 0.2) is 84.4 Å². The molecule has 2 heterocycles. The van der Waals surface area contributed by atoms with Crippen LogP contribution in [0.25, 0.3) is 5.57 Å². The Morgan fingerprint density at radius 3 is 1.77 bits per heavy atom. The van der Waals surface area contributed by atoms with Gasteiger partial charge < -0.3 is 18.9 Å². The van der Waals surface area contributed by atoms with Crippen molar-refractivity contribution in [3.05, 3.63) is 135 Å². The van der Waals surface area contributed by atoms with Crippen molar-refractivity contribution in [1.29, 1.82) is 0 Å². The van der Waals surface area contributed by atoms with Crippen LogP contribution in [0.5, 0.6) is 11.5 Å². The molecule has 3 aliphatic rings. The average Bonchev–Trinajstić information content (AvgIpc) is 3.53. The summed E-state index contributed by atoms with van der Waals surface area (Å²) < 4.78 is 20.3. The fourth-order valence-corrected chi connectivity index (χ4v) is 6.32. The molecule has 0 spiro atoms. The predicted octanol–water partition coefficient (Wildman–Crippen LogP) is 6.80. The van der Waals surface area contributed by atoms with Crippen molar-refractivity contribution >= 4 is 41.4 Å². The Kier molecular flexibility index (Phi) is 7.55. The van der Waals surface area contributed by atoms with Gasteiger partial charge in [0.2, 0.25) is 0 Å². The minimum absolute atomic E-state index is 0.0409. The Morgan fingerprint density at radius 1 is 0.646 bits per heavy atom. The van der Waals surface area contributed by atoms with Crippen molar-refractivity contribution in [2.75, 3.05) is 0 Å². The summed E-state index contributed by atoms with van der Waals surface area (Å²) in [6.07, 6.45) is 2.60. The van der Waals surface area contributed by atoms with E-state index >= 15 is 0 Å². The average molecular weight is 643 g/mol. The maximum Gasteiger partial charge on any atom is 0.346 e. The van der Waals surface area contributed by atoms with E-state index in [4.69, 9.17) is 9.47 Å². The smallest absolute Gasteiger partial charge is 0.346 e. The summed E-state index contributed by atoms with van der Waals surface area (Å²) in [6, 6.07) is 21.3. The third-order valence-electron chi connectivity index (χ3n) is 8.86. The monoisotopic (exact) mass is 642 g/mol. The van der Waals surface area contributed by atoms with Crippen LogP contribution in [0.2, 0.25) is 0 Å². The minimum Gasteiger partial charge on any atom is -0.423 e. The largest absolute Gasteiger partial charge is 0.423 e. The quantitative estimate of drug-likeness (QED) is 0.125. The van der Waals surface area contributed by atoms with Gasteiger partial charge in [-0.25, -0.2) is 28.8 Å². The van der Waals surface area contributed by atoms with Crippen LogP contribution >= 0.6 is 0 Å². The molecule has 7 rings (SSSR count). The highest BCUT2D eigenvalue weighted by Gasteiger charge is 2.32. The second-order valence-corrected chi connectivity index (χ2v) is 11.9. The Bertz CT molecular complexity index is 2140. The summed E-state index contributed by atoms with van der Waals surface area (Å²) in [4.78, 5) is 72.6. The number of rotatable bonds is 6. The second kappa shape index (κ2) is 11.9. The number of carbonyl (C=O) groups is 6. The molecule has 0 radical (unpaired) electrons. The lowest BCUT2D eigenvalue weighted by atomic mass is 9.78. The molecule has 1 aliphatic carbocycles. The number of benzene rings is 4. The summed E-state index contributed by atoms with van der Waals surface area (Å²) in [5.41, 5.74) is 6.04. The zero-order valence-corrected chi connectivity index (χ0v) is 25.8. The molecule has 0 fully saturated rings. The molecule has 1 unspecified atom stereocenters. The lowest BCUT2D eigenvalue weighted by Crippen LogP contribution is -2.11. The fourth-order valence-electron chi connectivity index (χ4n) is 6.32. The molecule has 0 amide bonds. The SMILES string of the molecule is CC1=C(c2ccc(OC(=O)c3ccc4c(c3)C(=O)OC4=O)cc2)CCC(c2ccc(OC(=O)c3ccc4c(c3)C(=O)OC4=O)c(C)c2)C1. The number of hydrogen-bond donors (Lipinski definition) is 0. The molecule has 1 atom stereocenters. The van der Waals surface area contributed by atoms with E-state index in [0.717, 1.165) is 36.0 Å². The van der Waals surface area contributed by atoms with Crippen LogP contribution in [-0.4, -0.2) is 35.8 Å². The summed E-state index contributed by atoms with van der Waals surface area (Å²) in [5.74, 6) is -3.31. The van der Waals surface area contributed by atoms with E-state index < -0.39 is 35.8 Å². The molecule has 2 aliphatic heterocycles. The molecule has 10 nitrogen and oxygen atoms in total. The molecule has 0 N–H and O–H groups in total. The summed E-state index contributed by atoms with van der Waals surface area (Å²) in [7, 11) is 0. The third-order valence-corrected chi connectivity index (χ3v) is 8.86. The van der Waals surface area contributed by atoms with Gasteiger partial charge in [0.15, 0.2) is 0 Å². The Hall–Kier alpha value is -6.16. The summed E-state index contributed by atoms with van der Waals surface area (Å²) in [6.45, 7) is 3.98. The minimum atomic E-state index is -0.788. The molecule has 0 aromatic heterocycles. The van der Waals surface area contributed by atoms with Crippen LogP contribution in [0.4, 0.5) is 0 Å². The van der Waals surface area contributed by atoms with Gasteiger partial charge in [0.25, 0.3) is 0 Å². The van der Waals surface area contributed by atoms with Gasteiger partial charge in [-0.2, -0.15) is 0 Å². The van der Waals surface area contributed by atoms with Crippen molar-refractivity contribution in [2.24, 2.45) is 0 Å². The number of hydrogen-bond acceptors (Lipinski definition) is 10. The van der Waals surface area contributed by atoms with Gasteiger partial charge in [-0.15, -0.1) is 0 Å². The second-order valence-electron chi connectivity index (χ2n) is 11.9. The molecule has 0 saturated carbocycles. The predicted molar refractivity (Wildman–Crippen MR) is 169 cm³/mol. The molecular formula is C38H26O10. The maximum atomic E-state index is 12.8. The van der Waals surface area contributed by atoms with Crippen LogP contribution in [0, 0.1) is 6.92 Å². The topological polar surface area (TPSA) is 139 Å². The van der Waals surface area contributed by atoms with E-state index in [1.54, 1.807) is 18.2 Å². The standard InChI is InChI=1S/C38H26O10/c1-19-15-22(23-8-14-32(20(2)16-23)46-34(40)25-7-13-29-31(18-25)38(44)48-36(29)42)5-11-27(19)21-3-9-26(10-4-21)45-33(39)24-6-12-28-30(17-24)37(43)47-35(28)41/h3-4,6-10,12-14,16-18,22H,5,11,15H2,1-2H3. The molecule has 0 saturated heterocycles. The van der Waals surface area contributed by atoms with Crippen LogP contribution in [-0.2, 0) is 9.47 Å². The highest BCUT2D eigenvalue weighted by atomic mass is 16.6. The van der Waals surface area contributed by atoms with Gasteiger partial charge in [0.1, 0.15) is 11.5 Å². The molecule has 238 valence electrons. The number of carbonyl (C=O) groups excluding carboxylic acids is 6. The lowest BCUT2D eigenvalue weighted by molar-refractivity contribution is 0.0425. The molecular weight excluding hydrogens is 616 g/mol. The van der Waals surface area contributed by atoms with E-state index in [1.807, 2.05) is 31.2 Å². The third kappa shape index (κ3) is 5.57. The van der Waals surface area contributed by atoms with Crippen LogP contribution in [0.1, 0.15) is 111 Å². The van der Waals surface area contributed by atoms with E-state index in [-0.39, 0.29) is 39.3 Å². The summed E-state index contributed by atoms with van der Waals surface area (Å²) >= 11 is 0. The number of allylic oxidation sites excluding steroid dienone is 2. The molecule has 4 aromatic carbocycles. The first-order chi connectivity index (χ1) is 23.0. The summed E-state index contributed by atoms with van der Waals surface area (Å²) in [5, 5.41) is 0. The number of aryl methyl sites for hydroxylation is 1. The maximum absolute atomic E-state index is 12.8. The Labute approximate surface area is 273 Å². The van der Waals surface area contributed by atoms with Gasteiger partial charge in [-0.1, -0.05) is 29.8 Å². The Morgan fingerprint density at radius 2 is 1.21 bits per heavy atom. The zero-order chi connectivity index (χ0) is 33.7. The first kappa shape index (κ1) is 30.5. The fraction of sp³-hybridized carbons (Fsp3) is 0.158. The van der Waals surface area contributed by atoms with Crippen molar-refractivity contribution < 1.29 is 47.7 Å². The molecule has 4 aromatic rings. The van der Waals surface area contributed by atoms with E-state index in [2.05, 4.69) is 16.4 Å².